The number of ether oxygens (including phenoxy) is 1. The highest BCUT2D eigenvalue weighted by Gasteiger charge is 2.36. The first-order valence-electron chi connectivity index (χ1n) is 3.40. The number of carbonyl (C=O) groups is 1. The summed E-state index contributed by atoms with van der Waals surface area (Å²) < 4.78 is 20.4. The third-order valence-electron chi connectivity index (χ3n) is 1.60. The number of hydrogen-bond donors (Lipinski definition) is 0. The van der Waals surface area contributed by atoms with E-state index in [0.717, 1.165) is 0 Å². The van der Waals surface area contributed by atoms with E-state index in [-0.39, 0.29) is 18.2 Å². The fourth-order valence-corrected chi connectivity index (χ4v) is 1.78. The topological polar surface area (TPSA) is 52.6 Å². The molecule has 0 aromatic rings. The van der Waals surface area contributed by atoms with Gasteiger partial charge in [0.05, 0.1) is 13.5 Å². The molecule has 0 aliphatic carbocycles. The van der Waals surface area contributed by atoms with E-state index < -0.39 is 8.03 Å². The Labute approximate surface area is 65.7 Å². The predicted octanol–water partition coefficient (Wildman–Crippen LogP) is 1.08. The Bertz CT molecular complexity index is 169. The smallest absolute Gasteiger partial charge is 0.461 e. The van der Waals surface area contributed by atoms with Gasteiger partial charge in [0.1, 0.15) is 6.61 Å². The number of rotatable bonds is 2. The van der Waals surface area contributed by atoms with Gasteiger partial charge in [-0.05, 0) is 4.57 Å². The SMILES string of the molecule is CO[P+](=O)C1CCC(=O)OC1. The monoisotopic (exact) mass is 177 g/mol. The molecule has 4 nitrogen and oxygen atoms in total. The lowest BCUT2D eigenvalue weighted by atomic mass is 10.2. The van der Waals surface area contributed by atoms with Crippen LogP contribution >= 0.6 is 8.03 Å². The molecule has 1 aliphatic rings. The van der Waals surface area contributed by atoms with Crippen LogP contribution in [0, 0.1) is 0 Å². The summed E-state index contributed by atoms with van der Waals surface area (Å²) in [5, 5.41) is 0. The Balaban J connectivity index is 2.39. The van der Waals surface area contributed by atoms with E-state index in [1.165, 1.54) is 7.11 Å². The van der Waals surface area contributed by atoms with Gasteiger partial charge in [0.2, 0.25) is 5.66 Å². The summed E-state index contributed by atoms with van der Waals surface area (Å²) >= 11 is 0. The van der Waals surface area contributed by atoms with Gasteiger partial charge in [-0.3, -0.25) is 4.79 Å². The Morgan fingerprint density at radius 1 is 1.73 bits per heavy atom. The summed E-state index contributed by atoms with van der Waals surface area (Å²) in [7, 11) is -0.245. The molecule has 2 unspecified atom stereocenters. The van der Waals surface area contributed by atoms with Gasteiger partial charge in [-0.15, -0.1) is 4.52 Å². The van der Waals surface area contributed by atoms with Crippen molar-refractivity contribution in [2.75, 3.05) is 13.7 Å². The zero-order chi connectivity index (χ0) is 8.27. The molecule has 0 radical (unpaired) electrons. The molecular formula is C6H10O4P+. The lowest BCUT2D eigenvalue weighted by Crippen LogP contribution is -2.23. The highest BCUT2D eigenvalue weighted by atomic mass is 31.1. The van der Waals surface area contributed by atoms with Gasteiger partial charge < -0.3 is 4.74 Å². The molecule has 1 heterocycles. The van der Waals surface area contributed by atoms with Crippen molar-refractivity contribution < 1.29 is 18.6 Å². The van der Waals surface area contributed by atoms with Crippen LogP contribution in [0.5, 0.6) is 0 Å². The van der Waals surface area contributed by atoms with Gasteiger partial charge >= 0.3 is 14.0 Å². The maximum Gasteiger partial charge on any atom is 0.514 e. The van der Waals surface area contributed by atoms with Crippen molar-refractivity contribution >= 4 is 14.0 Å². The van der Waals surface area contributed by atoms with Crippen LogP contribution in [0.2, 0.25) is 0 Å². The van der Waals surface area contributed by atoms with E-state index in [4.69, 9.17) is 4.74 Å². The maximum atomic E-state index is 11.0. The van der Waals surface area contributed by atoms with Gasteiger partial charge in [0.15, 0.2) is 0 Å². The van der Waals surface area contributed by atoms with Crippen LogP contribution in [0.3, 0.4) is 0 Å². The molecule has 11 heavy (non-hydrogen) atoms. The normalized spacial score (nSPS) is 26.1. The van der Waals surface area contributed by atoms with Gasteiger partial charge in [0.25, 0.3) is 0 Å². The van der Waals surface area contributed by atoms with Crippen LogP contribution in [-0.4, -0.2) is 25.3 Å². The molecule has 0 bridgehead atoms. The van der Waals surface area contributed by atoms with Gasteiger partial charge in [-0.25, -0.2) is 0 Å². The van der Waals surface area contributed by atoms with Crippen LogP contribution in [0.15, 0.2) is 0 Å². The Morgan fingerprint density at radius 2 is 2.45 bits per heavy atom. The lowest BCUT2D eigenvalue weighted by Gasteiger charge is -2.12. The molecule has 0 aromatic heterocycles. The molecule has 1 fully saturated rings. The average Bonchev–Trinajstić information content (AvgIpc) is 2.05. The molecule has 1 aliphatic heterocycles. The van der Waals surface area contributed by atoms with Crippen LogP contribution in [0.25, 0.3) is 0 Å². The zero-order valence-corrected chi connectivity index (χ0v) is 7.17. The van der Waals surface area contributed by atoms with Crippen molar-refractivity contribution in [2.24, 2.45) is 0 Å². The molecule has 0 amide bonds. The minimum absolute atomic E-state index is 0.104. The number of hydrogen-bond acceptors (Lipinski definition) is 4. The highest BCUT2D eigenvalue weighted by molar-refractivity contribution is 7.40. The number of carbonyl (C=O) groups excluding carboxylic acids is 1. The lowest BCUT2D eigenvalue weighted by molar-refractivity contribution is -0.146. The van der Waals surface area contributed by atoms with E-state index in [1.54, 1.807) is 0 Å². The van der Waals surface area contributed by atoms with Crippen molar-refractivity contribution in [1.82, 2.24) is 0 Å². The fourth-order valence-electron chi connectivity index (χ4n) is 0.944. The summed E-state index contributed by atoms with van der Waals surface area (Å²) in [4.78, 5) is 10.6. The van der Waals surface area contributed by atoms with Crippen molar-refractivity contribution in [3.05, 3.63) is 0 Å². The summed E-state index contributed by atoms with van der Waals surface area (Å²) in [6.45, 7) is 0.238. The molecule has 2 atom stereocenters. The molecule has 0 saturated carbocycles. The van der Waals surface area contributed by atoms with Crippen LogP contribution < -0.4 is 0 Å². The first-order chi connectivity index (χ1) is 5.24. The second kappa shape index (κ2) is 3.79. The quantitative estimate of drug-likeness (QED) is 0.467. The Hall–Kier alpha value is -0.470. The maximum absolute atomic E-state index is 11.0. The fraction of sp³-hybridized carbons (Fsp3) is 0.833. The molecule has 1 saturated heterocycles. The first-order valence-corrected chi connectivity index (χ1v) is 4.65. The van der Waals surface area contributed by atoms with Crippen molar-refractivity contribution in [3.8, 4) is 0 Å². The third kappa shape index (κ3) is 2.24. The Kier molecular flexibility index (Phi) is 2.97. The predicted molar refractivity (Wildman–Crippen MR) is 38.6 cm³/mol. The highest BCUT2D eigenvalue weighted by Crippen LogP contribution is 2.33. The second-order valence-corrected chi connectivity index (χ2v) is 4.01. The first kappa shape index (κ1) is 8.62. The van der Waals surface area contributed by atoms with Crippen LogP contribution in [0.4, 0.5) is 0 Å². The van der Waals surface area contributed by atoms with Crippen molar-refractivity contribution in [1.29, 1.82) is 0 Å². The van der Waals surface area contributed by atoms with Crippen LogP contribution in [-0.2, 0) is 18.6 Å². The minimum Gasteiger partial charge on any atom is -0.461 e. The number of cyclic esters (lactones) is 1. The second-order valence-electron chi connectivity index (χ2n) is 2.34. The van der Waals surface area contributed by atoms with E-state index in [2.05, 4.69) is 4.52 Å². The van der Waals surface area contributed by atoms with Crippen molar-refractivity contribution in [3.63, 3.8) is 0 Å². The standard InChI is InChI=1S/C6H10O4P/c1-9-11(8)5-2-3-6(7)10-4-5/h5H,2-4H2,1H3/q+1. The van der Waals surface area contributed by atoms with Gasteiger partial charge in [-0.2, -0.15) is 0 Å². The molecular weight excluding hydrogens is 167 g/mol. The summed E-state index contributed by atoms with van der Waals surface area (Å²) in [5.41, 5.74) is -0.104. The summed E-state index contributed by atoms with van der Waals surface area (Å²) in [6.07, 6.45) is 0.969. The minimum atomic E-state index is -1.64. The molecule has 0 aromatic carbocycles. The van der Waals surface area contributed by atoms with Gasteiger partial charge in [0, 0.05) is 6.42 Å². The Morgan fingerprint density at radius 3 is 2.91 bits per heavy atom. The van der Waals surface area contributed by atoms with E-state index in [9.17, 15) is 9.36 Å². The summed E-state index contributed by atoms with van der Waals surface area (Å²) in [6, 6.07) is 0. The largest absolute Gasteiger partial charge is 0.514 e. The van der Waals surface area contributed by atoms with E-state index in [0.29, 0.717) is 12.8 Å². The molecule has 62 valence electrons. The number of esters is 1. The summed E-state index contributed by atoms with van der Waals surface area (Å²) in [5.74, 6) is -0.208. The third-order valence-corrected chi connectivity index (χ3v) is 2.96. The van der Waals surface area contributed by atoms with Crippen molar-refractivity contribution in [2.45, 2.75) is 18.5 Å². The molecule has 0 spiro atoms. The van der Waals surface area contributed by atoms with Crippen LogP contribution in [0.1, 0.15) is 12.8 Å². The van der Waals surface area contributed by atoms with Gasteiger partial charge in [-0.1, -0.05) is 0 Å². The molecule has 1 rings (SSSR count). The average molecular weight is 177 g/mol. The molecule has 5 heteroatoms. The van der Waals surface area contributed by atoms with E-state index in [1.807, 2.05) is 0 Å². The zero-order valence-electron chi connectivity index (χ0n) is 6.28. The van der Waals surface area contributed by atoms with E-state index >= 15 is 0 Å². The molecule has 0 N–H and O–H groups in total.